The van der Waals surface area contributed by atoms with Crippen LogP contribution in [0.25, 0.3) is 10.8 Å². The Bertz CT molecular complexity index is 560. The van der Waals surface area contributed by atoms with E-state index in [-0.39, 0.29) is 12.1 Å². The summed E-state index contributed by atoms with van der Waals surface area (Å²) in [5.74, 6) is 0.842. The molecule has 0 saturated carbocycles. The number of rotatable bonds is 3. The van der Waals surface area contributed by atoms with Gasteiger partial charge in [0.15, 0.2) is 0 Å². The first-order chi connectivity index (χ1) is 9.33. The molecule has 2 aromatic rings. The van der Waals surface area contributed by atoms with E-state index in [0.29, 0.717) is 13.2 Å². The second-order valence-corrected chi connectivity index (χ2v) is 5.06. The zero-order valence-electron chi connectivity index (χ0n) is 10.8. The van der Waals surface area contributed by atoms with E-state index >= 15 is 0 Å². The van der Waals surface area contributed by atoms with Gasteiger partial charge in [-0.25, -0.2) is 4.98 Å². The summed E-state index contributed by atoms with van der Waals surface area (Å²) in [6, 6.07) is 10.1. The summed E-state index contributed by atoms with van der Waals surface area (Å²) in [6.07, 6.45) is 3.40. The first-order valence-corrected chi connectivity index (χ1v) is 6.64. The molecule has 0 spiro atoms. The zero-order chi connectivity index (χ0) is 13.1. The minimum absolute atomic E-state index is 0.0985. The lowest BCUT2D eigenvalue weighted by molar-refractivity contribution is 0.0379. The summed E-state index contributed by atoms with van der Waals surface area (Å²) < 4.78 is 5.38. The molecule has 1 fully saturated rings. The molecule has 19 heavy (non-hydrogen) atoms. The highest BCUT2D eigenvalue weighted by molar-refractivity contribution is 5.91. The SMILES string of the molecule is OCC1(Nc2nccc3ccccc23)CCOCC1. The van der Waals surface area contributed by atoms with Gasteiger partial charge >= 0.3 is 0 Å². The molecule has 1 aliphatic heterocycles. The van der Waals surface area contributed by atoms with Crippen LogP contribution in [-0.2, 0) is 4.74 Å². The van der Waals surface area contributed by atoms with Gasteiger partial charge in [0.1, 0.15) is 5.82 Å². The molecule has 4 heteroatoms. The number of ether oxygens (including phenoxy) is 1. The Labute approximate surface area is 112 Å². The van der Waals surface area contributed by atoms with Gasteiger partial charge in [0.2, 0.25) is 0 Å². The van der Waals surface area contributed by atoms with Gasteiger partial charge in [-0.2, -0.15) is 0 Å². The van der Waals surface area contributed by atoms with Gasteiger partial charge in [0, 0.05) is 24.8 Å². The number of nitrogens with one attached hydrogen (secondary N) is 1. The largest absolute Gasteiger partial charge is 0.394 e. The van der Waals surface area contributed by atoms with Crippen LogP contribution in [0.5, 0.6) is 0 Å². The Morgan fingerprint density at radius 2 is 2.00 bits per heavy atom. The van der Waals surface area contributed by atoms with Crippen molar-refractivity contribution >= 4 is 16.6 Å². The predicted molar refractivity (Wildman–Crippen MR) is 75.2 cm³/mol. The van der Waals surface area contributed by atoms with Crippen molar-refractivity contribution < 1.29 is 9.84 Å². The van der Waals surface area contributed by atoms with E-state index in [9.17, 15) is 5.11 Å². The number of aliphatic hydroxyl groups excluding tert-OH is 1. The summed E-state index contributed by atoms with van der Waals surface area (Å²) in [5.41, 5.74) is -0.310. The van der Waals surface area contributed by atoms with Crippen LogP contribution in [-0.4, -0.2) is 35.5 Å². The van der Waals surface area contributed by atoms with E-state index in [2.05, 4.69) is 22.4 Å². The highest BCUT2D eigenvalue weighted by Gasteiger charge is 2.32. The van der Waals surface area contributed by atoms with E-state index in [1.54, 1.807) is 6.20 Å². The third-order valence-corrected chi connectivity index (χ3v) is 3.81. The zero-order valence-corrected chi connectivity index (χ0v) is 10.8. The summed E-state index contributed by atoms with van der Waals surface area (Å²) >= 11 is 0. The molecule has 0 aliphatic carbocycles. The van der Waals surface area contributed by atoms with Crippen LogP contribution >= 0.6 is 0 Å². The van der Waals surface area contributed by atoms with Gasteiger partial charge < -0.3 is 15.2 Å². The van der Waals surface area contributed by atoms with Crippen LogP contribution in [0.15, 0.2) is 36.5 Å². The summed E-state index contributed by atoms with van der Waals surface area (Å²) in [6.45, 7) is 1.46. The van der Waals surface area contributed by atoms with Crippen LogP contribution < -0.4 is 5.32 Å². The molecule has 0 atom stereocenters. The lowest BCUT2D eigenvalue weighted by atomic mass is 9.91. The number of nitrogens with zero attached hydrogens (tertiary/aromatic N) is 1. The monoisotopic (exact) mass is 258 g/mol. The molecule has 1 aliphatic rings. The van der Waals surface area contributed by atoms with Crippen molar-refractivity contribution in [3.05, 3.63) is 36.5 Å². The van der Waals surface area contributed by atoms with Crippen molar-refractivity contribution in [2.45, 2.75) is 18.4 Å². The quantitative estimate of drug-likeness (QED) is 0.886. The van der Waals surface area contributed by atoms with Crippen molar-refractivity contribution in [3.63, 3.8) is 0 Å². The normalized spacial score (nSPS) is 18.4. The molecule has 0 bridgehead atoms. The van der Waals surface area contributed by atoms with E-state index in [4.69, 9.17) is 4.74 Å². The second kappa shape index (κ2) is 5.15. The number of aromatic nitrogens is 1. The Hall–Kier alpha value is -1.65. The van der Waals surface area contributed by atoms with Gasteiger partial charge in [-0.05, 0) is 24.3 Å². The molecule has 1 saturated heterocycles. The van der Waals surface area contributed by atoms with Gasteiger partial charge in [0.05, 0.1) is 12.1 Å². The number of hydrogen-bond acceptors (Lipinski definition) is 4. The molecule has 3 rings (SSSR count). The molecule has 100 valence electrons. The fourth-order valence-electron chi connectivity index (χ4n) is 2.56. The lowest BCUT2D eigenvalue weighted by Gasteiger charge is -2.37. The van der Waals surface area contributed by atoms with Crippen molar-refractivity contribution in [2.75, 3.05) is 25.1 Å². The van der Waals surface area contributed by atoms with Crippen molar-refractivity contribution in [3.8, 4) is 0 Å². The first-order valence-electron chi connectivity index (χ1n) is 6.64. The molecular weight excluding hydrogens is 240 g/mol. The van der Waals surface area contributed by atoms with Crippen LogP contribution in [0.4, 0.5) is 5.82 Å². The predicted octanol–water partition coefficient (Wildman–Crippen LogP) is 2.19. The smallest absolute Gasteiger partial charge is 0.134 e. The minimum atomic E-state index is -0.310. The highest BCUT2D eigenvalue weighted by atomic mass is 16.5. The molecule has 1 aromatic carbocycles. The van der Waals surface area contributed by atoms with E-state index in [0.717, 1.165) is 29.4 Å². The average Bonchev–Trinajstić information content (AvgIpc) is 2.49. The Morgan fingerprint density at radius 3 is 2.79 bits per heavy atom. The van der Waals surface area contributed by atoms with E-state index in [1.165, 1.54) is 0 Å². The standard InChI is InChI=1S/C15H18N2O2/c18-11-15(6-9-19-10-7-15)17-14-13-4-2-1-3-12(13)5-8-16-14/h1-5,8,18H,6-7,9-11H2,(H,16,17). The number of aliphatic hydroxyl groups is 1. The van der Waals surface area contributed by atoms with Gasteiger partial charge in [0.25, 0.3) is 0 Å². The van der Waals surface area contributed by atoms with Crippen molar-refractivity contribution in [1.29, 1.82) is 0 Å². The Kier molecular flexibility index (Phi) is 3.36. The third kappa shape index (κ3) is 2.41. The van der Waals surface area contributed by atoms with Crippen LogP contribution in [0.2, 0.25) is 0 Å². The molecular formula is C15H18N2O2. The number of pyridine rings is 1. The second-order valence-electron chi connectivity index (χ2n) is 5.06. The molecule has 2 heterocycles. The van der Waals surface area contributed by atoms with Crippen LogP contribution in [0.1, 0.15) is 12.8 Å². The molecule has 0 radical (unpaired) electrons. The fraction of sp³-hybridized carbons (Fsp3) is 0.400. The number of fused-ring (bicyclic) bond motifs is 1. The van der Waals surface area contributed by atoms with Crippen molar-refractivity contribution in [2.24, 2.45) is 0 Å². The van der Waals surface area contributed by atoms with Gasteiger partial charge in [-0.1, -0.05) is 24.3 Å². The Morgan fingerprint density at radius 1 is 1.21 bits per heavy atom. The first kappa shape index (κ1) is 12.4. The maximum Gasteiger partial charge on any atom is 0.134 e. The molecule has 0 amide bonds. The Balaban J connectivity index is 1.96. The van der Waals surface area contributed by atoms with Crippen molar-refractivity contribution in [1.82, 2.24) is 4.98 Å². The molecule has 2 N–H and O–H groups in total. The van der Waals surface area contributed by atoms with Crippen LogP contribution in [0, 0.1) is 0 Å². The maximum atomic E-state index is 9.73. The summed E-state index contributed by atoms with van der Waals surface area (Å²) in [5, 5.41) is 15.4. The number of hydrogen-bond donors (Lipinski definition) is 2. The van der Waals surface area contributed by atoms with Gasteiger partial charge in [-0.3, -0.25) is 0 Å². The molecule has 4 nitrogen and oxygen atoms in total. The lowest BCUT2D eigenvalue weighted by Crippen LogP contribution is -2.47. The summed E-state index contributed by atoms with van der Waals surface area (Å²) in [4.78, 5) is 4.43. The van der Waals surface area contributed by atoms with Crippen LogP contribution in [0.3, 0.4) is 0 Å². The maximum absolute atomic E-state index is 9.73. The van der Waals surface area contributed by atoms with E-state index in [1.807, 2.05) is 18.2 Å². The van der Waals surface area contributed by atoms with Gasteiger partial charge in [-0.15, -0.1) is 0 Å². The molecule has 0 unspecified atom stereocenters. The minimum Gasteiger partial charge on any atom is -0.394 e. The fourth-order valence-corrected chi connectivity index (χ4v) is 2.56. The third-order valence-electron chi connectivity index (χ3n) is 3.81. The topological polar surface area (TPSA) is 54.4 Å². The molecule has 1 aromatic heterocycles. The highest BCUT2D eigenvalue weighted by Crippen LogP contribution is 2.28. The average molecular weight is 258 g/mol. The van der Waals surface area contributed by atoms with E-state index < -0.39 is 0 Å². The number of anilines is 1. The summed E-state index contributed by atoms with van der Waals surface area (Å²) in [7, 11) is 0. The number of benzene rings is 1.